The summed E-state index contributed by atoms with van der Waals surface area (Å²) >= 11 is 0. The summed E-state index contributed by atoms with van der Waals surface area (Å²) in [5.41, 5.74) is 7.22. The lowest BCUT2D eigenvalue weighted by Crippen LogP contribution is -2.45. The van der Waals surface area contributed by atoms with Crippen molar-refractivity contribution in [3.05, 3.63) is 0 Å². The smallest absolute Gasteiger partial charge is 0.369 e. The van der Waals surface area contributed by atoms with Crippen LogP contribution in [-0.2, 0) is 0 Å². The molecule has 3 N–H and O–H groups in total. The first-order chi connectivity index (χ1) is 4.91. The number of halogens is 3. The van der Waals surface area contributed by atoms with Gasteiger partial charge in [-0.25, -0.2) is 4.99 Å². The minimum Gasteiger partial charge on any atom is -0.369 e. The van der Waals surface area contributed by atoms with E-state index in [0.29, 0.717) is 0 Å². The summed E-state index contributed by atoms with van der Waals surface area (Å²) in [6, 6.07) is 0. The number of alkyl halides is 3. The summed E-state index contributed by atoms with van der Waals surface area (Å²) in [5, 5.41) is 0.801. The van der Waals surface area contributed by atoms with Gasteiger partial charge in [0.2, 0.25) is 12.1 Å². The van der Waals surface area contributed by atoms with Gasteiger partial charge < -0.3 is 5.73 Å². The summed E-state index contributed by atoms with van der Waals surface area (Å²) in [7, 11) is 1.22. The quantitative estimate of drug-likeness (QED) is 0.519. The van der Waals surface area contributed by atoms with Crippen molar-refractivity contribution in [2.24, 2.45) is 10.7 Å². The van der Waals surface area contributed by atoms with Crippen LogP contribution in [0.2, 0.25) is 0 Å². The van der Waals surface area contributed by atoms with Gasteiger partial charge in [-0.05, 0) is 0 Å². The maximum atomic E-state index is 11.9. The van der Waals surface area contributed by atoms with Gasteiger partial charge in [-0.15, -0.1) is 0 Å². The number of hydrogen-bond acceptors (Lipinski definition) is 4. The average Bonchev–Trinajstić information content (AvgIpc) is 2.08. The second kappa shape index (κ2) is 2.26. The number of aliphatic imine (C=N–C) groups is 1. The van der Waals surface area contributed by atoms with Crippen molar-refractivity contribution in [2.45, 2.75) is 12.3 Å². The third-order valence-corrected chi connectivity index (χ3v) is 1.21. The van der Waals surface area contributed by atoms with E-state index >= 15 is 0 Å². The van der Waals surface area contributed by atoms with Crippen LogP contribution in [0.1, 0.15) is 0 Å². The Balaban J connectivity index is 2.74. The van der Waals surface area contributed by atoms with E-state index in [1.807, 2.05) is 0 Å². The molecule has 0 bridgehead atoms. The fraction of sp³-hybridized carbons (Fsp3) is 0.750. The highest BCUT2D eigenvalue weighted by Crippen LogP contribution is 2.25. The van der Waals surface area contributed by atoms with Gasteiger partial charge in [-0.1, -0.05) is 0 Å². The van der Waals surface area contributed by atoms with Crippen molar-refractivity contribution in [1.82, 2.24) is 10.4 Å². The first-order valence-corrected chi connectivity index (χ1v) is 2.81. The Labute approximate surface area is 60.8 Å². The lowest BCUT2D eigenvalue weighted by atomic mass is 10.5. The molecule has 11 heavy (non-hydrogen) atoms. The van der Waals surface area contributed by atoms with Crippen LogP contribution in [0, 0.1) is 0 Å². The molecule has 0 aromatic rings. The van der Waals surface area contributed by atoms with Gasteiger partial charge in [-0.3, -0.25) is 5.43 Å². The molecule has 0 aromatic carbocycles. The second-order valence-corrected chi connectivity index (χ2v) is 2.15. The summed E-state index contributed by atoms with van der Waals surface area (Å²) in [6.07, 6.45) is -6.23. The Morgan fingerprint density at radius 3 is 2.36 bits per heavy atom. The standard InChI is InChI=1S/C4H7F3N4/c1-11-2(4(5,6)7)9-3(8)10-11/h2H,1H3,(H3,8,9,10). The summed E-state index contributed by atoms with van der Waals surface area (Å²) < 4.78 is 35.8. The Hall–Kier alpha value is -0.980. The maximum Gasteiger partial charge on any atom is 0.425 e. The van der Waals surface area contributed by atoms with Crippen LogP contribution >= 0.6 is 0 Å². The summed E-state index contributed by atoms with van der Waals surface area (Å²) in [4.78, 5) is 3.12. The van der Waals surface area contributed by atoms with Crippen molar-refractivity contribution < 1.29 is 13.2 Å². The third kappa shape index (κ3) is 1.53. The first kappa shape index (κ1) is 8.12. The van der Waals surface area contributed by atoms with Crippen LogP contribution in [-0.4, -0.2) is 30.4 Å². The Morgan fingerprint density at radius 2 is 2.18 bits per heavy atom. The number of rotatable bonds is 0. The van der Waals surface area contributed by atoms with Gasteiger partial charge in [0.15, 0.2) is 0 Å². The molecule has 0 radical (unpaired) electrons. The van der Waals surface area contributed by atoms with E-state index in [4.69, 9.17) is 5.73 Å². The van der Waals surface area contributed by atoms with E-state index in [0.717, 1.165) is 5.01 Å². The highest BCUT2D eigenvalue weighted by Gasteiger charge is 2.45. The molecular formula is C4H7F3N4. The molecule has 1 rings (SSSR count). The summed E-state index contributed by atoms with van der Waals surface area (Å²) in [6.45, 7) is 0. The Bertz CT molecular complexity index is 186. The maximum absolute atomic E-state index is 11.9. The van der Waals surface area contributed by atoms with Crippen LogP contribution < -0.4 is 11.2 Å². The molecule has 0 amide bonds. The van der Waals surface area contributed by atoms with Crippen molar-refractivity contribution in [2.75, 3.05) is 7.05 Å². The largest absolute Gasteiger partial charge is 0.425 e. The molecular weight excluding hydrogens is 161 g/mol. The van der Waals surface area contributed by atoms with E-state index in [9.17, 15) is 13.2 Å². The zero-order chi connectivity index (χ0) is 8.65. The van der Waals surface area contributed by atoms with Gasteiger partial charge in [0.1, 0.15) is 0 Å². The fourth-order valence-electron chi connectivity index (χ4n) is 0.782. The summed E-state index contributed by atoms with van der Waals surface area (Å²) in [5.74, 6) is -0.213. The second-order valence-electron chi connectivity index (χ2n) is 2.15. The van der Waals surface area contributed by atoms with Crippen molar-refractivity contribution >= 4 is 5.96 Å². The molecule has 0 aliphatic carbocycles. The highest BCUT2D eigenvalue weighted by atomic mass is 19.4. The van der Waals surface area contributed by atoms with E-state index in [-0.39, 0.29) is 5.96 Å². The number of nitrogens with two attached hydrogens (primary N) is 1. The van der Waals surface area contributed by atoms with Gasteiger partial charge in [0.25, 0.3) is 0 Å². The zero-order valence-corrected chi connectivity index (χ0v) is 5.68. The van der Waals surface area contributed by atoms with E-state index in [2.05, 4.69) is 10.4 Å². The third-order valence-electron chi connectivity index (χ3n) is 1.21. The Kier molecular flexibility index (Phi) is 1.67. The van der Waals surface area contributed by atoms with E-state index < -0.39 is 12.3 Å². The van der Waals surface area contributed by atoms with Crippen LogP contribution in [0.15, 0.2) is 4.99 Å². The average molecular weight is 168 g/mol. The molecule has 1 aliphatic rings. The number of guanidine groups is 1. The van der Waals surface area contributed by atoms with E-state index in [1.54, 1.807) is 0 Å². The molecule has 0 saturated heterocycles. The molecule has 1 unspecified atom stereocenters. The van der Waals surface area contributed by atoms with Gasteiger partial charge in [0.05, 0.1) is 0 Å². The minimum absolute atomic E-state index is 0.213. The minimum atomic E-state index is -4.37. The van der Waals surface area contributed by atoms with Gasteiger partial charge in [0, 0.05) is 7.05 Å². The molecule has 7 heteroatoms. The topological polar surface area (TPSA) is 53.6 Å². The highest BCUT2D eigenvalue weighted by molar-refractivity contribution is 5.78. The van der Waals surface area contributed by atoms with Crippen LogP contribution in [0.25, 0.3) is 0 Å². The van der Waals surface area contributed by atoms with Crippen molar-refractivity contribution in [3.63, 3.8) is 0 Å². The number of nitrogens with one attached hydrogen (secondary N) is 1. The lowest BCUT2D eigenvalue weighted by Gasteiger charge is -2.19. The van der Waals surface area contributed by atoms with Crippen LogP contribution in [0.4, 0.5) is 13.2 Å². The predicted molar refractivity (Wildman–Crippen MR) is 32.4 cm³/mol. The predicted octanol–water partition coefficient (Wildman–Crippen LogP) is -0.360. The van der Waals surface area contributed by atoms with Crippen LogP contribution in [0.3, 0.4) is 0 Å². The number of nitrogens with zero attached hydrogens (tertiary/aromatic N) is 2. The monoisotopic (exact) mass is 168 g/mol. The Morgan fingerprint density at radius 1 is 1.64 bits per heavy atom. The molecule has 0 fully saturated rings. The SMILES string of the molecule is CN1NC(N)=NC1C(F)(F)F. The van der Waals surface area contributed by atoms with Crippen molar-refractivity contribution in [1.29, 1.82) is 0 Å². The molecule has 0 spiro atoms. The molecule has 0 aromatic heterocycles. The molecule has 64 valence electrons. The molecule has 1 heterocycles. The van der Waals surface area contributed by atoms with Gasteiger partial charge >= 0.3 is 6.18 Å². The fourth-order valence-corrected chi connectivity index (χ4v) is 0.782. The number of hydrazine groups is 1. The normalized spacial score (nSPS) is 26.5. The zero-order valence-electron chi connectivity index (χ0n) is 5.68. The molecule has 4 nitrogen and oxygen atoms in total. The number of hydrogen-bond donors (Lipinski definition) is 2. The molecule has 1 aliphatic heterocycles. The van der Waals surface area contributed by atoms with E-state index in [1.165, 1.54) is 7.05 Å². The first-order valence-electron chi connectivity index (χ1n) is 2.81. The van der Waals surface area contributed by atoms with Gasteiger partial charge in [-0.2, -0.15) is 18.2 Å². The lowest BCUT2D eigenvalue weighted by molar-refractivity contribution is -0.177. The van der Waals surface area contributed by atoms with Crippen molar-refractivity contribution in [3.8, 4) is 0 Å². The molecule has 1 atom stereocenters. The van der Waals surface area contributed by atoms with Crippen LogP contribution in [0.5, 0.6) is 0 Å². The molecule has 0 saturated carbocycles.